The summed E-state index contributed by atoms with van der Waals surface area (Å²) in [4.78, 5) is 2.01. The molecule has 128 valence electrons. The van der Waals surface area contributed by atoms with Gasteiger partial charge in [0.25, 0.3) is 0 Å². The van der Waals surface area contributed by atoms with Crippen molar-refractivity contribution in [1.29, 1.82) is 0 Å². The summed E-state index contributed by atoms with van der Waals surface area (Å²) in [5, 5.41) is 0. The van der Waals surface area contributed by atoms with Crippen molar-refractivity contribution in [3.8, 4) is 0 Å². The topological polar surface area (TPSA) is 18.5 Å². The third-order valence-electron chi connectivity index (χ3n) is 4.66. The number of rotatable bonds is 5. The fourth-order valence-corrected chi connectivity index (χ4v) is 4.03. The van der Waals surface area contributed by atoms with E-state index in [1.54, 1.807) is 31.0 Å². The molecule has 2 aromatic carbocycles. The van der Waals surface area contributed by atoms with Crippen LogP contribution in [0, 0.1) is 5.82 Å². The normalized spacial score (nSPS) is 17.0. The fraction of sp³-hybridized carbons (Fsp3) is 0.400. The van der Waals surface area contributed by atoms with Crippen LogP contribution in [0.2, 0.25) is 0 Å². The number of aryl methyl sites for hydroxylation is 1. The van der Waals surface area contributed by atoms with E-state index < -0.39 is 5.60 Å². The average molecular weight is 346 g/mol. The Morgan fingerprint density at radius 3 is 2.42 bits per heavy atom. The fourth-order valence-electron chi connectivity index (χ4n) is 3.13. The van der Waals surface area contributed by atoms with Gasteiger partial charge in [-0.3, -0.25) is 0 Å². The summed E-state index contributed by atoms with van der Waals surface area (Å²) in [5.74, 6) is -0.219. The van der Waals surface area contributed by atoms with E-state index in [1.807, 2.05) is 0 Å². The van der Waals surface area contributed by atoms with Crippen LogP contribution in [0.1, 0.15) is 30.9 Å². The Morgan fingerprint density at radius 1 is 1.08 bits per heavy atom. The van der Waals surface area contributed by atoms with Crippen LogP contribution in [-0.2, 0) is 21.5 Å². The van der Waals surface area contributed by atoms with Gasteiger partial charge in [0.15, 0.2) is 0 Å². The monoisotopic (exact) mass is 346 g/mol. The van der Waals surface area contributed by atoms with E-state index in [4.69, 9.17) is 9.47 Å². The van der Waals surface area contributed by atoms with Crippen LogP contribution in [0.5, 0.6) is 0 Å². The second-order valence-electron chi connectivity index (χ2n) is 6.09. The van der Waals surface area contributed by atoms with Gasteiger partial charge in [0.2, 0.25) is 0 Å². The summed E-state index contributed by atoms with van der Waals surface area (Å²) in [6.45, 7) is 3.43. The van der Waals surface area contributed by atoms with Crippen molar-refractivity contribution in [2.24, 2.45) is 0 Å². The molecule has 0 aromatic heterocycles. The largest absolute Gasteiger partial charge is 0.381 e. The first-order valence-electron chi connectivity index (χ1n) is 8.36. The number of hydrogen-bond acceptors (Lipinski definition) is 3. The second-order valence-corrected chi connectivity index (χ2v) is 7.23. The molecule has 0 N–H and O–H groups in total. The van der Waals surface area contributed by atoms with Gasteiger partial charge in [-0.1, -0.05) is 30.8 Å². The molecule has 0 saturated carbocycles. The molecule has 0 unspecified atom stereocenters. The average Bonchev–Trinajstić information content (AvgIpc) is 2.62. The van der Waals surface area contributed by atoms with Gasteiger partial charge in [-0.2, -0.15) is 0 Å². The Morgan fingerprint density at radius 2 is 1.79 bits per heavy atom. The van der Waals surface area contributed by atoms with Crippen LogP contribution in [0.15, 0.2) is 52.3 Å². The molecule has 3 rings (SSSR count). The SMILES string of the molecule is CCc1ccc(Sc2cc(F)cc(C3(OC)CCOCC3)c2)cc1. The number of ether oxygens (including phenoxy) is 2. The van der Waals surface area contributed by atoms with Crippen molar-refractivity contribution in [3.05, 3.63) is 59.4 Å². The zero-order valence-corrected chi connectivity index (χ0v) is 15.0. The van der Waals surface area contributed by atoms with Gasteiger partial charge in [0.1, 0.15) is 5.82 Å². The molecule has 1 aliphatic rings. The zero-order chi connectivity index (χ0) is 17.0. The lowest BCUT2D eigenvalue weighted by Gasteiger charge is -2.36. The summed E-state index contributed by atoms with van der Waals surface area (Å²) >= 11 is 1.58. The first kappa shape index (κ1) is 17.5. The van der Waals surface area contributed by atoms with Gasteiger partial charge in [-0.25, -0.2) is 4.39 Å². The smallest absolute Gasteiger partial charge is 0.124 e. The first-order chi connectivity index (χ1) is 11.6. The molecule has 1 fully saturated rings. The summed E-state index contributed by atoms with van der Waals surface area (Å²) < 4.78 is 25.5. The molecule has 2 aromatic rings. The molecule has 24 heavy (non-hydrogen) atoms. The van der Waals surface area contributed by atoms with Crippen LogP contribution in [-0.4, -0.2) is 20.3 Å². The molecule has 1 heterocycles. The van der Waals surface area contributed by atoms with Crippen LogP contribution < -0.4 is 0 Å². The van der Waals surface area contributed by atoms with Crippen molar-refractivity contribution in [2.75, 3.05) is 20.3 Å². The molecular weight excluding hydrogens is 323 g/mol. The van der Waals surface area contributed by atoms with E-state index >= 15 is 0 Å². The van der Waals surface area contributed by atoms with E-state index in [0.717, 1.165) is 34.6 Å². The molecular formula is C20H23FO2S. The molecule has 4 heteroatoms. The zero-order valence-electron chi connectivity index (χ0n) is 14.2. The highest BCUT2D eigenvalue weighted by molar-refractivity contribution is 7.99. The molecule has 1 saturated heterocycles. The Kier molecular flexibility index (Phi) is 5.59. The maximum absolute atomic E-state index is 14.2. The molecule has 0 radical (unpaired) electrons. The Balaban J connectivity index is 1.87. The predicted octanol–water partition coefficient (Wildman–Crippen LogP) is 5.19. The van der Waals surface area contributed by atoms with Crippen molar-refractivity contribution in [3.63, 3.8) is 0 Å². The third-order valence-corrected chi connectivity index (χ3v) is 5.64. The van der Waals surface area contributed by atoms with E-state index in [1.165, 1.54) is 5.56 Å². The minimum Gasteiger partial charge on any atom is -0.381 e. The Labute approximate surface area is 147 Å². The molecule has 2 nitrogen and oxygen atoms in total. The summed E-state index contributed by atoms with van der Waals surface area (Å²) in [6.07, 6.45) is 2.53. The van der Waals surface area contributed by atoms with Gasteiger partial charge in [0.05, 0.1) is 5.60 Å². The Hall–Kier alpha value is -1.36. The quantitative estimate of drug-likeness (QED) is 0.742. The Bertz CT molecular complexity index is 679. The van der Waals surface area contributed by atoms with Crippen LogP contribution in [0.3, 0.4) is 0 Å². The van der Waals surface area contributed by atoms with Crippen molar-refractivity contribution >= 4 is 11.8 Å². The minimum atomic E-state index is -0.443. The lowest BCUT2D eigenvalue weighted by molar-refractivity contribution is -0.0950. The summed E-state index contributed by atoms with van der Waals surface area (Å²) in [7, 11) is 1.70. The third kappa shape index (κ3) is 3.82. The van der Waals surface area contributed by atoms with E-state index in [0.29, 0.717) is 13.2 Å². The van der Waals surface area contributed by atoms with Crippen molar-refractivity contribution in [1.82, 2.24) is 0 Å². The number of halogens is 1. The molecule has 0 aliphatic carbocycles. The molecule has 0 bridgehead atoms. The van der Waals surface area contributed by atoms with Crippen LogP contribution in [0.4, 0.5) is 4.39 Å². The standard InChI is InChI=1S/C20H23FO2S/c1-3-15-4-6-18(7-5-15)24-19-13-16(12-17(21)14-19)20(22-2)8-10-23-11-9-20/h4-7,12-14H,3,8-11H2,1-2H3. The summed E-state index contributed by atoms with van der Waals surface area (Å²) in [6, 6.07) is 13.7. The second kappa shape index (κ2) is 7.68. The molecule has 1 aliphatic heterocycles. The lowest BCUT2D eigenvalue weighted by Crippen LogP contribution is -2.35. The number of methoxy groups -OCH3 is 1. The van der Waals surface area contributed by atoms with Crippen LogP contribution in [0.25, 0.3) is 0 Å². The van der Waals surface area contributed by atoms with Crippen molar-refractivity contribution < 1.29 is 13.9 Å². The van der Waals surface area contributed by atoms with Crippen LogP contribution >= 0.6 is 11.8 Å². The van der Waals surface area contributed by atoms with Gasteiger partial charge in [-0.15, -0.1) is 0 Å². The van der Waals surface area contributed by atoms with Gasteiger partial charge >= 0.3 is 0 Å². The van der Waals surface area contributed by atoms with E-state index in [9.17, 15) is 4.39 Å². The lowest BCUT2D eigenvalue weighted by atomic mass is 9.86. The maximum atomic E-state index is 14.2. The first-order valence-corrected chi connectivity index (χ1v) is 9.17. The number of hydrogen-bond donors (Lipinski definition) is 0. The van der Waals surface area contributed by atoms with Gasteiger partial charge in [-0.05, 0) is 47.9 Å². The molecule has 0 amide bonds. The van der Waals surface area contributed by atoms with Gasteiger partial charge in [0, 0.05) is 43.0 Å². The number of benzene rings is 2. The maximum Gasteiger partial charge on any atom is 0.124 e. The predicted molar refractivity (Wildman–Crippen MR) is 95.1 cm³/mol. The molecule has 0 atom stereocenters. The highest BCUT2D eigenvalue weighted by Crippen LogP contribution is 2.38. The van der Waals surface area contributed by atoms with Gasteiger partial charge < -0.3 is 9.47 Å². The minimum absolute atomic E-state index is 0.219. The van der Waals surface area contributed by atoms with Crippen molar-refractivity contribution in [2.45, 2.75) is 41.6 Å². The molecule has 0 spiro atoms. The highest BCUT2D eigenvalue weighted by atomic mass is 32.2. The van der Waals surface area contributed by atoms with E-state index in [-0.39, 0.29) is 5.82 Å². The summed E-state index contributed by atoms with van der Waals surface area (Å²) in [5.41, 5.74) is 1.77. The van der Waals surface area contributed by atoms with E-state index in [2.05, 4.69) is 37.3 Å². The highest BCUT2D eigenvalue weighted by Gasteiger charge is 2.35.